The van der Waals surface area contributed by atoms with E-state index in [-0.39, 0.29) is 0 Å². The molecule has 0 atom stereocenters. The van der Waals surface area contributed by atoms with Crippen molar-refractivity contribution >= 4 is 10.8 Å². The van der Waals surface area contributed by atoms with Crippen molar-refractivity contribution in [3.05, 3.63) is 42.0 Å². The largest absolute Gasteiger partial charge is 0.494 e. The van der Waals surface area contributed by atoms with Gasteiger partial charge in [-0.1, -0.05) is 51.5 Å². The lowest BCUT2D eigenvalue weighted by molar-refractivity contribution is 0.310. The normalized spacial score (nSPS) is 11.1. The molecule has 0 aliphatic heterocycles. The van der Waals surface area contributed by atoms with Crippen LogP contribution in [0.15, 0.2) is 36.4 Å². The van der Waals surface area contributed by atoms with Crippen LogP contribution >= 0.6 is 0 Å². The highest BCUT2D eigenvalue weighted by atomic mass is 16.5. The van der Waals surface area contributed by atoms with Crippen molar-refractivity contribution in [2.75, 3.05) is 6.61 Å². The van der Waals surface area contributed by atoms with Gasteiger partial charge in [-0.2, -0.15) is 0 Å². The molecule has 18 heavy (non-hydrogen) atoms. The van der Waals surface area contributed by atoms with Crippen LogP contribution in [0.5, 0.6) is 5.75 Å². The maximum Gasteiger partial charge on any atom is 0.119 e. The molecule has 0 saturated carbocycles. The monoisotopic (exact) mass is 242 g/mol. The average molecular weight is 242 g/mol. The lowest BCUT2D eigenvalue weighted by Gasteiger charge is -2.09. The number of fused-ring (bicyclic) bond motifs is 1. The molecule has 0 saturated heterocycles. The van der Waals surface area contributed by atoms with Crippen LogP contribution in [0.2, 0.25) is 0 Å². The molecule has 0 heterocycles. The molecule has 0 amide bonds. The van der Waals surface area contributed by atoms with Gasteiger partial charge in [0, 0.05) is 0 Å². The molecule has 2 aromatic carbocycles. The van der Waals surface area contributed by atoms with Crippen molar-refractivity contribution in [2.45, 2.75) is 39.5 Å². The topological polar surface area (TPSA) is 9.23 Å². The number of rotatable bonds is 5. The van der Waals surface area contributed by atoms with Crippen LogP contribution in [0.3, 0.4) is 0 Å². The summed E-state index contributed by atoms with van der Waals surface area (Å²) in [6, 6.07) is 13.0. The number of ether oxygens (including phenoxy) is 1. The van der Waals surface area contributed by atoms with Crippen molar-refractivity contribution < 1.29 is 4.74 Å². The molecule has 0 radical (unpaired) electrons. The predicted octanol–water partition coefficient (Wildman–Crippen LogP) is 5.14. The summed E-state index contributed by atoms with van der Waals surface area (Å²) in [5, 5.41) is 2.55. The van der Waals surface area contributed by atoms with Crippen LogP contribution in [0.25, 0.3) is 10.8 Å². The fourth-order valence-corrected chi connectivity index (χ4v) is 2.03. The second-order valence-corrected chi connectivity index (χ2v) is 5.13. The SMILES string of the molecule is CCCCOc1ccc2cc(C(C)C)ccc2c1. The van der Waals surface area contributed by atoms with Gasteiger partial charge in [-0.05, 0) is 40.8 Å². The maximum absolute atomic E-state index is 5.73. The third-order valence-corrected chi connectivity index (χ3v) is 3.27. The molecule has 2 rings (SSSR count). The van der Waals surface area contributed by atoms with Gasteiger partial charge < -0.3 is 4.74 Å². The van der Waals surface area contributed by atoms with Crippen LogP contribution < -0.4 is 4.74 Å². The fourth-order valence-electron chi connectivity index (χ4n) is 2.03. The van der Waals surface area contributed by atoms with E-state index in [0.29, 0.717) is 5.92 Å². The van der Waals surface area contributed by atoms with E-state index in [4.69, 9.17) is 4.74 Å². The highest BCUT2D eigenvalue weighted by Crippen LogP contribution is 2.25. The van der Waals surface area contributed by atoms with E-state index < -0.39 is 0 Å². The Morgan fingerprint density at radius 1 is 1.00 bits per heavy atom. The standard InChI is InChI=1S/C17H22O/c1-4-5-10-18-17-9-8-15-11-14(13(2)3)6-7-16(15)12-17/h6-9,11-13H,4-5,10H2,1-3H3. The Labute approximate surface area is 110 Å². The number of benzene rings is 2. The Balaban J connectivity index is 2.21. The molecule has 0 fully saturated rings. The van der Waals surface area contributed by atoms with E-state index in [2.05, 4.69) is 57.2 Å². The minimum atomic E-state index is 0.579. The lowest BCUT2D eigenvalue weighted by atomic mass is 9.99. The van der Waals surface area contributed by atoms with Gasteiger partial charge in [-0.15, -0.1) is 0 Å². The van der Waals surface area contributed by atoms with Gasteiger partial charge in [0.25, 0.3) is 0 Å². The first-order valence-corrected chi connectivity index (χ1v) is 6.87. The van der Waals surface area contributed by atoms with Crippen LogP contribution in [-0.2, 0) is 0 Å². The first kappa shape index (κ1) is 12.9. The van der Waals surface area contributed by atoms with Crippen molar-refractivity contribution in [2.24, 2.45) is 0 Å². The Kier molecular flexibility index (Phi) is 4.24. The molecular weight excluding hydrogens is 220 g/mol. The van der Waals surface area contributed by atoms with Gasteiger partial charge in [-0.3, -0.25) is 0 Å². The molecule has 96 valence electrons. The average Bonchev–Trinajstić information content (AvgIpc) is 2.38. The van der Waals surface area contributed by atoms with Crippen LogP contribution in [0.4, 0.5) is 0 Å². The Morgan fingerprint density at radius 3 is 2.44 bits per heavy atom. The van der Waals surface area contributed by atoms with E-state index in [1.54, 1.807) is 0 Å². The van der Waals surface area contributed by atoms with Crippen molar-refractivity contribution in [3.8, 4) is 5.75 Å². The number of unbranched alkanes of at least 4 members (excludes halogenated alkanes) is 1. The number of hydrogen-bond donors (Lipinski definition) is 0. The summed E-state index contributed by atoms with van der Waals surface area (Å²) in [5.41, 5.74) is 1.39. The zero-order chi connectivity index (χ0) is 13.0. The smallest absolute Gasteiger partial charge is 0.119 e. The Hall–Kier alpha value is -1.50. The molecule has 0 spiro atoms. The second kappa shape index (κ2) is 5.90. The quantitative estimate of drug-likeness (QED) is 0.659. The molecule has 1 nitrogen and oxygen atoms in total. The molecule has 0 N–H and O–H groups in total. The molecular formula is C17H22O. The second-order valence-electron chi connectivity index (χ2n) is 5.13. The van der Waals surface area contributed by atoms with Crippen molar-refractivity contribution in [1.82, 2.24) is 0 Å². The van der Waals surface area contributed by atoms with E-state index in [1.807, 2.05) is 0 Å². The van der Waals surface area contributed by atoms with Crippen LogP contribution in [-0.4, -0.2) is 6.61 Å². The van der Waals surface area contributed by atoms with Crippen LogP contribution in [0.1, 0.15) is 45.1 Å². The molecule has 0 unspecified atom stereocenters. The predicted molar refractivity (Wildman–Crippen MR) is 78.4 cm³/mol. The van der Waals surface area contributed by atoms with Gasteiger partial charge in [0.15, 0.2) is 0 Å². The highest BCUT2D eigenvalue weighted by Gasteiger charge is 2.02. The summed E-state index contributed by atoms with van der Waals surface area (Å²) in [7, 11) is 0. The van der Waals surface area contributed by atoms with Gasteiger partial charge in [0.05, 0.1) is 6.61 Å². The maximum atomic E-state index is 5.73. The summed E-state index contributed by atoms with van der Waals surface area (Å²) >= 11 is 0. The summed E-state index contributed by atoms with van der Waals surface area (Å²) in [6.45, 7) is 7.44. The summed E-state index contributed by atoms with van der Waals surface area (Å²) in [4.78, 5) is 0. The van der Waals surface area contributed by atoms with Gasteiger partial charge in [0.1, 0.15) is 5.75 Å². The third-order valence-electron chi connectivity index (χ3n) is 3.27. The lowest BCUT2D eigenvalue weighted by Crippen LogP contribution is -1.96. The van der Waals surface area contributed by atoms with Crippen molar-refractivity contribution in [3.63, 3.8) is 0 Å². The molecule has 0 aliphatic rings. The van der Waals surface area contributed by atoms with E-state index in [9.17, 15) is 0 Å². The van der Waals surface area contributed by atoms with Gasteiger partial charge in [0.2, 0.25) is 0 Å². The minimum Gasteiger partial charge on any atom is -0.494 e. The van der Waals surface area contributed by atoms with E-state index >= 15 is 0 Å². The fraction of sp³-hybridized carbons (Fsp3) is 0.412. The molecule has 2 aromatic rings. The van der Waals surface area contributed by atoms with Crippen molar-refractivity contribution in [1.29, 1.82) is 0 Å². The van der Waals surface area contributed by atoms with Crippen LogP contribution in [0, 0.1) is 0 Å². The molecule has 0 aromatic heterocycles. The van der Waals surface area contributed by atoms with Gasteiger partial charge in [-0.25, -0.2) is 0 Å². The highest BCUT2D eigenvalue weighted by molar-refractivity contribution is 5.84. The Bertz CT molecular complexity index is 514. The zero-order valence-electron chi connectivity index (χ0n) is 11.6. The number of hydrogen-bond acceptors (Lipinski definition) is 1. The summed E-state index contributed by atoms with van der Waals surface area (Å²) < 4.78 is 5.73. The Morgan fingerprint density at radius 2 is 1.72 bits per heavy atom. The first-order valence-electron chi connectivity index (χ1n) is 6.87. The third kappa shape index (κ3) is 3.04. The molecule has 0 aliphatic carbocycles. The minimum absolute atomic E-state index is 0.579. The van der Waals surface area contributed by atoms with E-state index in [0.717, 1.165) is 18.8 Å². The molecule has 1 heteroatoms. The first-order chi connectivity index (χ1) is 8.70. The van der Waals surface area contributed by atoms with E-state index in [1.165, 1.54) is 22.8 Å². The zero-order valence-corrected chi connectivity index (χ0v) is 11.6. The van der Waals surface area contributed by atoms with Gasteiger partial charge >= 0.3 is 0 Å². The molecule has 0 bridgehead atoms. The summed E-state index contributed by atoms with van der Waals surface area (Å²) in [5.74, 6) is 1.56. The summed E-state index contributed by atoms with van der Waals surface area (Å²) in [6.07, 6.45) is 2.29.